The maximum Gasteiger partial charge on any atom is 0.254 e. The molecule has 0 aliphatic carbocycles. The van der Waals surface area contributed by atoms with Gasteiger partial charge in [-0.1, -0.05) is 12.1 Å². The van der Waals surface area contributed by atoms with Gasteiger partial charge in [-0.15, -0.1) is 0 Å². The monoisotopic (exact) mass is 342 g/mol. The second kappa shape index (κ2) is 8.04. The minimum atomic E-state index is -0.290. The van der Waals surface area contributed by atoms with E-state index in [1.165, 1.54) is 0 Å². The normalized spacial score (nSPS) is 17.4. The van der Waals surface area contributed by atoms with Gasteiger partial charge in [0.2, 0.25) is 0 Å². The van der Waals surface area contributed by atoms with E-state index < -0.39 is 0 Å². The third-order valence-corrected chi connectivity index (χ3v) is 4.13. The van der Waals surface area contributed by atoms with Crippen molar-refractivity contribution >= 4 is 11.7 Å². The Morgan fingerprint density at radius 2 is 2.08 bits per heavy atom. The smallest absolute Gasteiger partial charge is 0.254 e. The second-order valence-electron chi connectivity index (χ2n) is 5.78. The summed E-state index contributed by atoms with van der Waals surface area (Å²) in [5, 5.41) is 3.02. The lowest BCUT2D eigenvalue weighted by atomic mass is 10.1. The molecule has 1 aromatic heterocycles. The number of hydrogen-bond acceptors (Lipinski definition) is 6. The number of anilines is 1. The van der Waals surface area contributed by atoms with Crippen molar-refractivity contribution in [2.24, 2.45) is 0 Å². The fraction of sp³-hybridized carbons (Fsp3) is 0.389. The average molecular weight is 342 g/mol. The van der Waals surface area contributed by atoms with E-state index in [1.54, 1.807) is 31.5 Å². The summed E-state index contributed by atoms with van der Waals surface area (Å²) in [7, 11) is 3.44. The minimum absolute atomic E-state index is 0.00725. The molecule has 1 aliphatic rings. The molecular formula is C18H22N4O3. The van der Waals surface area contributed by atoms with Gasteiger partial charge in [-0.25, -0.2) is 4.98 Å². The molecule has 1 amide bonds. The van der Waals surface area contributed by atoms with Gasteiger partial charge in [0.05, 0.1) is 19.8 Å². The summed E-state index contributed by atoms with van der Waals surface area (Å²) in [6, 6.07) is 7.50. The van der Waals surface area contributed by atoms with Crippen molar-refractivity contribution in [2.45, 2.75) is 12.7 Å². The molecule has 132 valence electrons. The van der Waals surface area contributed by atoms with E-state index in [9.17, 15) is 4.79 Å². The maximum absolute atomic E-state index is 12.8. The summed E-state index contributed by atoms with van der Waals surface area (Å²) in [4.78, 5) is 23.2. The maximum atomic E-state index is 12.8. The van der Waals surface area contributed by atoms with Crippen LogP contribution in [0.3, 0.4) is 0 Å². The van der Waals surface area contributed by atoms with Gasteiger partial charge in [-0.05, 0) is 17.7 Å². The third-order valence-electron chi connectivity index (χ3n) is 4.13. The summed E-state index contributed by atoms with van der Waals surface area (Å²) >= 11 is 0. The highest BCUT2D eigenvalue weighted by Gasteiger charge is 2.28. The van der Waals surface area contributed by atoms with Gasteiger partial charge in [0.25, 0.3) is 5.91 Å². The molecule has 0 bridgehead atoms. The Balaban J connectivity index is 1.73. The van der Waals surface area contributed by atoms with Crippen LogP contribution in [0.25, 0.3) is 0 Å². The van der Waals surface area contributed by atoms with Crippen LogP contribution in [0.4, 0.5) is 5.82 Å². The zero-order chi connectivity index (χ0) is 17.6. The number of nitrogens with zero attached hydrogens (tertiary/aromatic N) is 3. The van der Waals surface area contributed by atoms with E-state index in [1.807, 2.05) is 24.3 Å². The Labute approximate surface area is 147 Å². The van der Waals surface area contributed by atoms with Crippen LogP contribution in [0, 0.1) is 0 Å². The molecule has 1 atom stereocenters. The van der Waals surface area contributed by atoms with Crippen LogP contribution in [0.15, 0.2) is 36.7 Å². The molecule has 0 saturated carbocycles. The molecule has 1 N–H and O–H groups in total. The number of ether oxygens (including phenoxy) is 2. The van der Waals surface area contributed by atoms with Crippen molar-refractivity contribution < 1.29 is 14.3 Å². The van der Waals surface area contributed by atoms with Gasteiger partial charge in [0, 0.05) is 38.7 Å². The summed E-state index contributed by atoms with van der Waals surface area (Å²) in [5.41, 5.74) is 2.42. The van der Waals surface area contributed by atoms with Crippen molar-refractivity contribution in [3.05, 3.63) is 53.5 Å². The Hall–Kier alpha value is -2.51. The van der Waals surface area contributed by atoms with Crippen molar-refractivity contribution in [1.82, 2.24) is 14.9 Å². The van der Waals surface area contributed by atoms with Crippen LogP contribution in [0.1, 0.15) is 27.7 Å². The number of benzene rings is 1. The van der Waals surface area contributed by atoms with Gasteiger partial charge >= 0.3 is 0 Å². The minimum Gasteiger partial charge on any atom is -0.380 e. The first kappa shape index (κ1) is 17.3. The molecule has 3 rings (SSSR count). The van der Waals surface area contributed by atoms with Crippen LogP contribution >= 0.6 is 0 Å². The second-order valence-corrected chi connectivity index (χ2v) is 5.78. The first-order chi connectivity index (χ1) is 12.2. The quantitative estimate of drug-likeness (QED) is 0.894. The molecule has 0 unspecified atom stereocenters. The molecule has 0 radical (unpaired) electrons. The molecular weight excluding hydrogens is 320 g/mol. The SMILES string of the molecule is CNc1nccnc1[C@@H]1CN(C(=O)c2ccc(COC)cc2)CCO1. The first-order valence-corrected chi connectivity index (χ1v) is 8.20. The van der Waals surface area contributed by atoms with Gasteiger partial charge < -0.3 is 19.7 Å². The van der Waals surface area contributed by atoms with Crippen molar-refractivity contribution in [3.8, 4) is 0 Å². The summed E-state index contributed by atoms with van der Waals surface area (Å²) in [6.45, 7) is 2.02. The number of amides is 1. The number of carbonyl (C=O) groups is 1. The van der Waals surface area contributed by atoms with E-state index in [0.717, 1.165) is 11.3 Å². The number of morpholine rings is 1. The molecule has 1 fully saturated rings. The number of aromatic nitrogens is 2. The molecule has 25 heavy (non-hydrogen) atoms. The molecule has 1 aliphatic heterocycles. The van der Waals surface area contributed by atoms with Crippen LogP contribution in [-0.2, 0) is 16.1 Å². The van der Waals surface area contributed by atoms with Crippen molar-refractivity contribution in [1.29, 1.82) is 0 Å². The van der Waals surface area contributed by atoms with Crippen molar-refractivity contribution in [3.63, 3.8) is 0 Å². The van der Waals surface area contributed by atoms with Crippen LogP contribution in [0.5, 0.6) is 0 Å². The highest BCUT2D eigenvalue weighted by molar-refractivity contribution is 5.94. The predicted molar refractivity (Wildman–Crippen MR) is 93.3 cm³/mol. The largest absolute Gasteiger partial charge is 0.380 e. The fourth-order valence-electron chi connectivity index (χ4n) is 2.87. The Kier molecular flexibility index (Phi) is 5.57. The molecule has 2 aromatic rings. The first-order valence-electron chi connectivity index (χ1n) is 8.20. The topological polar surface area (TPSA) is 76.6 Å². The summed E-state index contributed by atoms with van der Waals surface area (Å²) in [6.07, 6.45) is 2.97. The average Bonchev–Trinajstić information content (AvgIpc) is 2.68. The van der Waals surface area contributed by atoms with E-state index in [-0.39, 0.29) is 12.0 Å². The summed E-state index contributed by atoms with van der Waals surface area (Å²) < 4.78 is 10.9. The molecule has 2 heterocycles. The lowest BCUT2D eigenvalue weighted by Crippen LogP contribution is -2.42. The number of carbonyl (C=O) groups excluding carboxylic acids is 1. The van der Waals surface area contributed by atoms with Gasteiger partial charge in [-0.2, -0.15) is 0 Å². The number of hydrogen-bond donors (Lipinski definition) is 1. The van der Waals surface area contributed by atoms with Crippen molar-refractivity contribution in [2.75, 3.05) is 39.2 Å². The highest BCUT2D eigenvalue weighted by atomic mass is 16.5. The highest BCUT2D eigenvalue weighted by Crippen LogP contribution is 2.25. The van der Waals surface area contributed by atoms with Crippen LogP contribution in [-0.4, -0.2) is 54.6 Å². The zero-order valence-corrected chi connectivity index (χ0v) is 14.4. The Morgan fingerprint density at radius 1 is 1.32 bits per heavy atom. The lowest BCUT2D eigenvalue weighted by molar-refractivity contribution is -0.0245. The Bertz CT molecular complexity index is 721. The van der Waals surface area contributed by atoms with Gasteiger partial charge in [0.1, 0.15) is 17.6 Å². The molecule has 7 heteroatoms. The molecule has 1 aromatic carbocycles. The van der Waals surface area contributed by atoms with E-state index >= 15 is 0 Å². The number of methoxy groups -OCH3 is 1. The van der Waals surface area contributed by atoms with E-state index in [0.29, 0.717) is 37.7 Å². The van der Waals surface area contributed by atoms with Crippen LogP contribution < -0.4 is 5.32 Å². The van der Waals surface area contributed by atoms with E-state index in [2.05, 4.69) is 15.3 Å². The van der Waals surface area contributed by atoms with Gasteiger partial charge in [0.15, 0.2) is 0 Å². The number of nitrogens with one attached hydrogen (secondary N) is 1. The van der Waals surface area contributed by atoms with E-state index in [4.69, 9.17) is 9.47 Å². The van der Waals surface area contributed by atoms with Gasteiger partial charge in [-0.3, -0.25) is 9.78 Å². The Morgan fingerprint density at radius 3 is 2.80 bits per heavy atom. The molecule has 7 nitrogen and oxygen atoms in total. The lowest BCUT2D eigenvalue weighted by Gasteiger charge is -2.33. The van der Waals surface area contributed by atoms with Crippen LogP contribution in [0.2, 0.25) is 0 Å². The standard InChI is InChI=1S/C18H22N4O3/c1-19-17-16(20-7-8-21-17)15-11-22(9-10-25-15)18(23)14-5-3-13(4-6-14)12-24-2/h3-8,15H,9-12H2,1-2H3,(H,19,21)/t15-/m0/s1. The summed E-state index contributed by atoms with van der Waals surface area (Å²) in [5.74, 6) is 0.665. The third kappa shape index (κ3) is 3.94. The predicted octanol–water partition coefficient (Wildman–Crippen LogP) is 1.88. The zero-order valence-electron chi connectivity index (χ0n) is 14.4. The fourth-order valence-corrected chi connectivity index (χ4v) is 2.87. The molecule has 0 spiro atoms. The molecule has 1 saturated heterocycles. The number of rotatable bonds is 5.